The number of aryl methyl sites for hydroxylation is 2. The van der Waals surface area contributed by atoms with Gasteiger partial charge in [0.25, 0.3) is 11.6 Å². The van der Waals surface area contributed by atoms with Crippen molar-refractivity contribution < 1.29 is 24.0 Å². The van der Waals surface area contributed by atoms with Crippen molar-refractivity contribution >= 4 is 29.2 Å². The molecule has 0 unspecified atom stereocenters. The minimum Gasteiger partial charge on any atom is -0.452 e. The molecule has 29 heavy (non-hydrogen) atoms. The Morgan fingerprint density at radius 3 is 2.34 bits per heavy atom. The molecule has 9 heteroatoms. The van der Waals surface area contributed by atoms with E-state index in [0.717, 1.165) is 11.1 Å². The first-order chi connectivity index (χ1) is 13.7. The summed E-state index contributed by atoms with van der Waals surface area (Å²) in [4.78, 5) is 46.4. The van der Waals surface area contributed by atoms with E-state index in [1.165, 1.54) is 25.1 Å². The number of nitrogens with zero attached hydrogens (tertiary/aromatic N) is 1. The summed E-state index contributed by atoms with van der Waals surface area (Å²) in [5.74, 6) is -2.13. The van der Waals surface area contributed by atoms with Gasteiger partial charge in [-0.25, -0.2) is 4.79 Å². The fourth-order valence-electron chi connectivity index (χ4n) is 2.59. The van der Waals surface area contributed by atoms with E-state index in [0.29, 0.717) is 11.3 Å². The van der Waals surface area contributed by atoms with Crippen molar-refractivity contribution in [1.29, 1.82) is 0 Å². The number of hydrogen-bond acceptors (Lipinski definition) is 6. The molecule has 0 fully saturated rings. The third-order valence-corrected chi connectivity index (χ3v) is 4.30. The third-order valence-electron chi connectivity index (χ3n) is 4.30. The second kappa shape index (κ2) is 9.45. The third kappa shape index (κ3) is 5.61. The van der Waals surface area contributed by atoms with E-state index in [1.807, 2.05) is 19.9 Å². The predicted molar refractivity (Wildman–Crippen MR) is 106 cm³/mol. The Labute approximate surface area is 167 Å². The van der Waals surface area contributed by atoms with Crippen LogP contribution in [0.2, 0.25) is 0 Å². The number of nitro groups is 1. The van der Waals surface area contributed by atoms with E-state index in [9.17, 15) is 24.5 Å². The topological polar surface area (TPSA) is 128 Å². The summed E-state index contributed by atoms with van der Waals surface area (Å²) in [7, 11) is 0. The first-order valence-corrected chi connectivity index (χ1v) is 8.74. The van der Waals surface area contributed by atoms with Crippen LogP contribution in [0.4, 0.5) is 11.4 Å². The van der Waals surface area contributed by atoms with Gasteiger partial charge >= 0.3 is 5.97 Å². The van der Waals surface area contributed by atoms with Crippen molar-refractivity contribution in [3.63, 3.8) is 0 Å². The average Bonchev–Trinajstić information content (AvgIpc) is 2.67. The fourth-order valence-corrected chi connectivity index (χ4v) is 2.59. The molecule has 2 aromatic carbocycles. The highest BCUT2D eigenvalue weighted by Crippen LogP contribution is 2.23. The van der Waals surface area contributed by atoms with Crippen LogP contribution >= 0.6 is 0 Å². The molecule has 0 saturated carbocycles. The number of esters is 1. The van der Waals surface area contributed by atoms with Gasteiger partial charge in [0.2, 0.25) is 5.91 Å². The summed E-state index contributed by atoms with van der Waals surface area (Å²) in [5.41, 5.74) is 2.27. The SMILES string of the molecule is Cc1cccc(NC(=O)CNC(=O)COC(=O)c2cccc(C)c2[N+](=O)[O-])c1C. The summed E-state index contributed by atoms with van der Waals surface area (Å²) in [5, 5.41) is 16.1. The van der Waals surface area contributed by atoms with Crippen molar-refractivity contribution in [2.24, 2.45) is 0 Å². The number of ether oxygens (including phenoxy) is 1. The lowest BCUT2D eigenvalue weighted by Crippen LogP contribution is -2.35. The van der Waals surface area contributed by atoms with Gasteiger partial charge in [-0.1, -0.05) is 24.3 Å². The molecule has 0 saturated heterocycles. The van der Waals surface area contributed by atoms with Crippen LogP contribution in [0, 0.1) is 30.9 Å². The zero-order valence-corrected chi connectivity index (χ0v) is 16.3. The monoisotopic (exact) mass is 399 g/mol. The van der Waals surface area contributed by atoms with E-state index in [1.54, 1.807) is 12.1 Å². The van der Waals surface area contributed by atoms with Crippen LogP contribution < -0.4 is 10.6 Å². The van der Waals surface area contributed by atoms with Crippen LogP contribution in [0.5, 0.6) is 0 Å². The second-order valence-electron chi connectivity index (χ2n) is 6.38. The Balaban J connectivity index is 1.87. The molecule has 0 aliphatic rings. The lowest BCUT2D eigenvalue weighted by molar-refractivity contribution is -0.385. The zero-order valence-electron chi connectivity index (χ0n) is 16.3. The van der Waals surface area contributed by atoms with Gasteiger partial charge in [-0.2, -0.15) is 0 Å². The Bertz CT molecular complexity index is 971. The van der Waals surface area contributed by atoms with E-state index >= 15 is 0 Å². The van der Waals surface area contributed by atoms with E-state index < -0.39 is 29.3 Å². The van der Waals surface area contributed by atoms with Crippen LogP contribution in [0.25, 0.3) is 0 Å². The number of nitro benzene ring substituents is 1. The highest BCUT2D eigenvalue weighted by Gasteiger charge is 2.24. The number of carbonyl (C=O) groups excluding carboxylic acids is 3. The molecule has 2 aromatic rings. The van der Waals surface area contributed by atoms with Gasteiger partial charge in [-0.3, -0.25) is 19.7 Å². The minimum absolute atomic E-state index is 0.240. The number of para-hydroxylation sites is 1. The molecular formula is C20H21N3O6. The van der Waals surface area contributed by atoms with Gasteiger partial charge in [0, 0.05) is 11.3 Å². The molecule has 0 spiro atoms. The van der Waals surface area contributed by atoms with Gasteiger partial charge in [-0.05, 0) is 44.0 Å². The molecule has 2 N–H and O–H groups in total. The Morgan fingerprint density at radius 1 is 1.00 bits per heavy atom. The Kier molecular flexibility index (Phi) is 7.02. The van der Waals surface area contributed by atoms with Crippen LogP contribution in [0.3, 0.4) is 0 Å². The highest BCUT2D eigenvalue weighted by atomic mass is 16.6. The first kappa shape index (κ1) is 21.5. The number of hydrogen-bond donors (Lipinski definition) is 2. The lowest BCUT2D eigenvalue weighted by atomic mass is 10.1. The molecule has 0 bridgehead atoms. The maximum Gasteiger partial charge on any atom is 0.345 e. The van der Waals surface area contributed by atoms with Gasteiger partial charge in [-0.15, -0.1) is 0 Å². The van der Waals surface area contributed by atoms with Gasteiger partial charge in [0.1, 0.15) is 5.56 Å². The number of nitrogens with one attached hydrogen (secondary N) is 2. The molecule has 0 atom stereocenters. The van der Waals surface area contributed by atoms with Crippen molar-refractivity contribution in [1.82, 2.24) is 5.32 Å². The molecular weight excluding hydrogens is 378 g/mol. The lowest BCUT2D eigenvalue weighted by Gasteiger charge is -2.11. The van der Waals surface area contributed by atoms with E-state index in [-0.39, 0.29) is 17.8 Å². The summed E-state index contributed by atoms with van der Waals surface area (Å²) in [6, 6.07) is 9.70. The van der Waals surface area contributed by atoms with E-state index in [2.05, 4.69) is 10.6 Å². The molecule has 9 nitrogen and oxygen atoms in total. The van der Waals surface area contributed by atoms with Gasteiger partial charge < -0.3 is 15.4 Å². The van der Waals surface area contributed by atoms with Gasteiger partial charge in [0.05, 0.1) is 11.5 Å². The number of rotatable bonds is 7. The fraction of sp³-hybridized carbons (Fsp3) is 0.250. The summed E-state index contributed by atoms with van der Waals surface area (Å²) < 4.78 is 4.83. The molecule has 0 radical (unpaired) electrons. The van der Waals surface area contributed by atoms with Crippen molar-refractivity contribution in [2.45, 2.75) is 20.8 Å². The van der Waals surface area contributed by atoms with Crippen LogP contribution in [0.1, 0.15) is 27.0 Å². The zero-order chi connectivity index (χ0) is 21.6. The van der Waals surface area contributed by atoms with Crippen LogP contribution in [-0.2, 0) is 14.3 Å². The number of amides is 2. The Morgan fingerprint density at radius 2 is 1.66 bits per heavy atom. The molecule has 2 rings (SSSR count). The number of benzene rings is 2. The van der Waals surface area contributed by atoms with Crippen molar-refractivity contribution in [3.8, 4) is 0 Å². The number of anilines is 1. The molecule has 2 amide bonds. The molecule has 152 valence electrons. The summed E-state index contributed by atoms with van der Waals surface area (Å²) >= 11 is 0. The van der Waals surface area contributed by atoms with Crippen LogP contribution in [0.15, 0.2) is 36.4 Å². The maximum atomic E-state index is 12.1. The average molecular weight is 399 g/mol. The Hall–Kier alpha value is -3.75. The molecule has 0 heterocycles. The number of carbonyl (C=O) groups is 3. The second-order valence-corrected chi connectivity index (χ2v) is 6.38. The molecule has 0 aliphatic carbocycles. The smallest absolute Gasteiger partial charge is 0.345 e. The van der Waals surface area contributed by atoms with Crippen LogP contribution in [-0.4, -0.2) is 35.9 Å². The summed E-state index contributed by atoms with van der Waals surface area (Å²) in [6.45, 7) is 4.30. The quantitative estimate of drug-likeness (QED) is 0.418. The minimum atomic E-state index is -0.990. The normalized spacial score (nSPS) is 10.2. The van der Waals surface area contributed by atoms with E-state index in [4.69, 9.17) is 4.74 Å². The van der Waals surface area contributed by atoms with Crippen molar-refractivity contribution in [3.05, 3.63) is 68.8 Å². The standard InChI is InChI=1S/C20H21N3O6/c1-12-6-5-9-16(14(12)3)22-17(24)10-21-18(25)11-29-20(26)15-8-4-7-13(2)19(15)23(27)28/h4-9H,10-11H2,1-3H3,(H,21,25)(H,22,24). The van der Waals surface area contributed by atoms with Gasteiger partial charge in [0.15, 0.2) is 6.61 Å². The maximum absolute atomic E-state index is 12.1. The molecule has 0 aromatic heterocycles. The van der Waals surface area contributed by atoms with Crippen molar-refractivity contribution in [2.75, 3.05) is 18.5 Å². The molecule has 0 aliphatic heterocycles. The predicted octanol–water partition coefficient (Wildman–Crippen LogP) is 2.43. The largest absolute Gasteiger partial charge is 0.452 e. The summed E-state index contributed by atoms with van der Waals surface area (Å²) in [6.07, 6.45) is 0. The first-order valence-electron chi connectivity index (χ1n) is 8.74. The highest BCUT2D eigenvalue weighted by molar-refractivity contribution is 5.97.